The van der Waals surface area contributed by atoms with Gasteiger partial charge in [-0.15, -0.1) is 0 Å². The molecule has 0 aromatic heterocycles. The molecule has 0 amide bonds. The first kappa shape index (κ1) is 8.71. The molecule has 0 aromatic carbocycles. The van der Waals surface area contributed by atoms with Gasteiger partial charge in [0.2, 0.25) is 0 Å². The summed E-state index contributed by atoms with van der Waals surface area (Å²) in [6.07, 6.45) is 3.95. The van der Waals surface area contributed by atoms with Crippen LogP contribution in [0.1, 0.15) is 19.3 Å². The molecule has 1 fully saturated rings. The molecule has 1 rings (SSSR count). The Morgan fingerprint density at radius 3 is 2.82 bits per heavy atom. The quantitative estimate of drug-likeness (QED) is 0.473. The van der Waals surface area contributed by atoms with Crippen LogP contribution in [0.2, 0.25) is 0 Å². The predicted molar refractivity (Wildman–Crippen MR) is 50.8 cm³/mol. The molecule has 0 spiro atoms. The van der Waals surface area contributed by atoms with Crippen LogP contribution < -0.4 is 11.5 Å². The van der Waals surface area contributed by atoms with Crippen molar-refractivity contribution in [2.75, 3.05) is 12.3 Å². The lowest BCUT2D eigenvalue weighted by Gasteiger charge is -2.18. The number of hydrogen-bond acceptors (Lipinski definition) is 2. The normalized spacial score (nSPS) is 24.5. The summed E-state index contributed by atoms with van der Waals surface area (Å²) in [5, 5.41) is 0.658. The maximum absolute atomic E-state index is 5.23. The van der Waals surface area contributed by atoms with Crippen molar-refractivity contribution in [2.24, 2.45) is 16.5 Å². The summed E-state index contributed by atoms with van der Waals surface area (Å²) in [5.41, 5.74) is 10.5. The van der Waals surface area contributed by atoms with Crippen LogP contribution in [0.25, 0.3) is 0 Å². The van der Waals surface area contributed by atoms with Crippen molar-refractivity contribution in [3.63, 3.8) is 0 Å². The van der Waals surface area contributed by atoms with Crippen LogP contribution in [0, 0.1) is 0 Å². The number of aliphatic imine (C=N–C) groups is 1. The summed E-state index contributed by atoms with van der Waals surface area (Å²) in [6.45, 7) is 0.799. The van der Waals surface area contributed by atoms with Gasteiger partial charge in [-0.1, -0.05) is 6.42 Å². The van der Waals surface area contributed by atoms with Crippen molar-refractivity contribution in [3.8, 4) is 0 Å². The Kier molecular flexibility index (Phi) is 3.56. The molecule has 0 aliphatic carbocycles. The second kappa shape index (κ2) is 4.49. The molecular weight excluding hydrogens is 158 g/mol. The predicted octanol–water partition coefficient (Wildman–Crippen LogP) is 0.545. The van der Waals surface area contributed by atoms with Gasteiger partial charge in [0.1, 0.15) is 0 Å². The Morgan fingerprint density at radius 1 is 1.45 bits per heavy atom. The van der Waals surface area contributed by atoms with Crippen molar-refractivity contribution in [1.82, 2.24) is 0 Å². The van der Waals surface area contributed by atoms with Crippen LogP contribution in [0.3, 0.4) is 0 Å². The fourth-order valence-electron chi connectivity index (χ4n) is 1.16. The molecule has 0 bridgehead atoms. The zero-order valence-electron chi connectivity index (χ0n) is 6.62. The van der Waals surface area contributed by atoms with Crippen molar-refractivity contribution >= 4 is 17.7 Å². The molecule has 1 atom stereocenters. The molecule has 0 saturated carbocycles. The highest BCUT2D eigenvalue weighted by molar-refractivity contribution is 7.99. The van der Waals surface area contributed by atoms with E-state index in [2.05, 4.69) is 4.99 Å². The summed E-state index contributed by atoms with van der Waals surface area (Å²) in [4.78, 5) is 4.00. The van der Waals surface area contributed by atoms with Crippen molar-refractivity contribution in [1.29, 1.82) is 0 Å². The van der Waals surface area contributed by atoms with E-state index in [0.717, 1.165) is 6.54 Å². The average molecular weight is 173 g/mol. The minimum Gasteiger partial charge on any atom is -0.370 e. The van der Waals surface area contributed by atoms with E-state index in [1.54, 1.807) is 0 Å². The molecule has 1 saturated heterocycles. The number of thioether (sulfide) groups is 1. The van der Waals surface area contributed by atoms with Gasteiger partial charge in [0.25, 0.3) is 0 Å². The Bertz CT molecular complexity index is 137. The number of hydrogen-bond donors (Lipinski definition) is 2. The topological polar surface area (TPSA) is 64.4 Å². The van der Waals surface area contributed by atoms with Crippen LogP contribution in [0.5, 0.6) is 0 Å². The molecule has 1 aliphatic heterocycles. The molecule has 11 heavy (non-hydrogen) atoms. The largest absolute Gasteiger partial charge is 0.370 e. The number of nitrogens with zero attached hydrogens (tertiary/aromatic N) is 1. The highest BCUT2D eigenvalue weighted by Crippen LogP contribution is 2.24. The summed E-state index contributed by atoms with van der Waals surface area (Å²) >= 11 is 1.99. The maximum Gasteiger partial charge on any atom is 0.185 e. The van der Waals surface area contributed by atoms with Gasteiger partial charge in [0.05, 0.1) is 6.54 Å². The SMILES string of the molecule is NC(N)=NCC1CCCCS1. The minimum atomic E-state index is 0.219. The van der Waals surface area contributed by atoms with Gasteiger partial charge in [0, 0.05) is 5.25 Å². The van der Waals surface area contributed by atoms with Crippen LogP contribution in [-0.4, -0.2) is 23.5 Å². The minimum absolute atomic E-state index is 0.219. The number of nitrogens with two attached hydrogens (primary N) is 2. The summed E-state index contributed by atoms with van der Waals surface area (Å²) in [6, 6.07) is 0. The first-order chi connectivity index (χ1) is 5.29. The first-order valence-electron chi connectivity index (χ1n) is 3.96. The fourth-order valence-corrected chi connectivity index (χ4v) is 2.38. The van der Waals surface area contributed by atoms with E-state index in [1.165, 1.54) is 25.0 Å². The van der Waals surface area contributed by atoms with Gasteiger partial charge >= 0.3 is 0 Å². The molecule has 0 radical (unpaired) electrons. The maximum atomic E-state index is 5.23. The van der Waals surface area contributed by atoms with Gasteiger partial charge in [-0.25, -0.2) is 0 Å². The molecule has 1 aliphatic rings. The second-order valence-electron chi connectivity index (χ2n) is 2.75. The second-order valence-corrected chi connectivity index (χ2v) is 4.16. The van der Waals surface area contributed by atoms with Gasteiger partial charge < -0.3 is 11.5 Å². The lowest BCUT2D eigenvalue weighted by atomic mass is 10.2. The van der Waals surface area contributed by atoms with Crippen LogP contribution in [-0.2, 0) is 0 Å². The van der Waals surface area contributed by atoms with E-state index < -0.39 is 0 Å². The smallest absolute Gasteiger partial charge is 0.185 e. The van der Waals surface area contributed by atoms with E-state index >= 15 is 0 Å². The molecule has 0 aromatic rings. The lowest BCUT2D eigenvalue weighted by Crippen LogP contribution is -2.25. The summed E-state index contributed by atoms with van der Waals surface area (Å²) in [5.74, 6) is 1.49. The third kappa shape index (κ3) is 3.51. The van der Waals surface area contributed by atoms with Crippen LogP contribution >= 0.6 is 11.8 Å². The Balaban J connectivity index is 2.19. The molecule has 64 valence electrons. The number of rotatable bonds is 2. The third-order valence-corrected chi connectivity index (χ3v) is 3.13. The Morgan fingerprint density at radius 2 is 2.27 bits per heavy atom. The highest BCUT2D eigenvalue weighted by atomic mass is 32.2. The molecular formula is C7H15N3S. The molecule has 4 heteroatoms. The van der Waals surface area contributed by atoms with Crippen LogP contribution in [0.4, 0.5) is 0 Å². The van der Waals surface area contributed by atoms with Crippen molar-refractivity contribution < 1.29 is 0 Å². The van der Waals surface area contributed by atoms with E-state index in [0.29, 0.717) is 5.25 Å². The molecule has 1 heterocycles. The monoisotopic (exact) mass is 173 g/mol. The Labute approximate surface area is 71.6 Å². The van der Waals surface area contributed by atoms with Crippen molar-refractivity contribution in [3.05, 3.63) is 0 Å². The molecule has 4 N–H and O–H groups in total. The van der Waals surface area contributed by atoms with E-state index in [4.69, 9.17) is 11.5 Å². The molecule has 3 nitrogen and oxygen atoms in total. The first-order valence-corrected chi connectivity index (χ1v) is 5.01. The standard InChI is InChI=1S/C7H15N3S/c8-7(9)10-5-6-3-1-2-4-11-6/h6H,1-5H2,(H4,8,9,10). The third-order valence-electron chi connectivity index (χ3n) is 1.75. The zero-order valence-corrected chi connectivity index (χ0v) is 7.44. The fraction of sp³-hybridized carbons (Fsp3) is 0.857. The highest BCUT2D eigenvalue weighted by Gasteiger charge is 2.12. The zero-order chi connectivity index (χ0) is 8.10. The average Bonchev–Trinajstić information content (AvgIpc) is 2.03. The van der Waals surface area contributed by atoms with E-state index in [9.17, 15) is 0 Å². The summed E-state index contributed by atoms with van der Waals surface area (Å²) < 4.78 is 0. The van der Waals surface area contributed by atoms with Gasteiger partial charge in [0.15, 0.2) is 5.96 Å². The Hall–Kier alpha value is -0.380. The summed E-state index contributed by atoms with van der Waals surface area (Å²) in [7, 11) is 0. The van der Waals surface area contributed by atoms with Gasteiger partial charge in [-0.05, 0) is 18.6 Å². The molecule has 1 unspecified atom stereocenters. The van der Waals surface area contributed by atoms with Crippen molar-refractivity contribution in [2.45, 2.75) is 24.5 Å². The number of guanidine groups is 1. The van der Waals surface area contributed by atoms with Crippen LogP contribution in [0.15, 0.2) is 4.99 Å². The van der Waals surface area contributed by atoms with Gasteiger partial charge in [-0.2, -0.15) is 11.8 Å². The van der Waals surface area contributed by atoms with Gasteiger partial charge in [-0.3, -0.25) is 4.99 Å². The lowest BCUT2D eigenvalue weighted by molar-refractivity contribution is 0.668. The van der Waals surface area contributed by atoms with E-state index in [1.807, 2.05) is 11.8 Å². The van der Waals surface area contributed by atoms with E-state index in [-0.39, 0.29) is 5.96 Å².